The monoisotopic (exact) mass is 458 g/mol. The van der Waals surface area contributed by atoms with Crippen molar-refractivity contribution >= 4 is 18.4 Å². The fourth-order valence-electron chi connectivity index (χ4n) is 4.32. The Bertz CT molecular complexity index is 448. The van der Waals surface area contributed by atoms with Crippen LogP contribution in [0.25, 0.3) is 0 Å². The number of benzene rings is 1. The van der Waals surface area contributed by atoms with Crippen molar-refractivity contribution in [3.8, 4) is 0 Å². The first-order valence-electron chi connectivity index (χ1n) is 10.4. The molecule has 0 spiro atoms. The van der Waals surface area contributed by atoms with Gasteiger partial charge in [0, 0.05) is 0 Å². The molecule has 0 aromatic heterocycles. The Morgan fingerprint density at radius 1 is 0.800 bits per heavy atom. The zero-order valence-electron chi connectivity index (χ0n) is 17.4. The van der Waals surface area contributed by atoms with E-state index < -0.39 is 18.4 Å². The van der Waals surface area contributed by atoms with Gasteiger partial charge in [0.15, 0.2) is 0 Å². The molecule has 144 valence electrons. The maximum absolute atomic E-state index is 13.2. The van der Waals surface area contributed by atoms with Crippen molar-refractivity contribution in [1.82, 2.24) is 0 Å². The van der Waals surface area contributed by atoms with E-state index in [2.05, 4.69) is 34.9 Å². The summed E-state index contributed by atoms with van der Waals surface area (Å²) in [5.41, 5.74) is 1.27. The summed E-state index contributed by atoms with van der Waals surface area (Å²) in [7, 11) is 4.80. The molecule has 0 saturated carbocycles. The average molecular weight is 457 g/mol. The predicted molar refractivity (Wildman–Crippen MR) is 112 cm³/mol. The molecule has 0 bridgehead atoms. The van der Waals surface area contributed by atoms with Crippen LogP contribution in [0, 0.1) is 5.82 Å². The van der Waals surface area contributed by atoms with Gasteiger partial charge in [0.05, 0.1) is 0 Å². The Kier molecular flexibility index (Phi) is 10.6. The van der Waals surface area contributed by atoms with E-state index in [4.69, 9.17) is 0 Å². The molecular formula is C22H41FNSn+. The fraction of sp³-hybridized carbons (Fsp3) is 0.727. The van der Waals surface area contributed by atoms with Gasteiger partial charge in [-0.25, -0.2) is 0 Å². The summed E-state index contributed by atoms with van der Waals surface area (Å²) < 4.78 is 20.4. The van der Waals surface area contributed by atoms with Gasteiger partial charge in [0.25, 0.3) is 0 Å². The molecule has 0 aliphatic rings. The van der Waals surface area contributed by atoms with Crippen molar-refractivity contribution in [2.24, 2.45) is 0 Å². The standard InChI is InChI=1S/C10H14FN.3C4H9.Sn/c1-12(2,3)8-9-4-6-10(11)7-5-9;3*1-3-4-2;/h4-7H,1,8H2,2-3H3;3*1,3-4H2,2H3;/q+1;;;;. The van der Waals surface area contributed by atoms with Gasteiger partial charge in [-0.15, -0.1) is 0 Å². The van der Waals surface area contributed by atoms with Gasteiger partial charge >= 0.3 is 161 Å². The van der Waals surface area contributed by atoms with Gasteiger partial charge in [0.2, 0.25) is 0 Å². The molecule has 1 rings (SSSR count). The Hall–Kier alpha value is -0.0913. The second-order valence-corrected chi connectivity index (χ2v) is 22.4. The first-order chi connectivity index (χ1) is 11.9. The van der Waals surface area contributed by atoms with Gasteiger partial charge in [-0.05, 0) is 0 Å². The van der Waals surface area contributed by atoms with Crippen LogP contribution >= 0.6 is 0 Å². The topological polar surface area (TPSA) is 0 Å². The maximum atomic E-state index is 13.2. The van der Waals surface area contributed by atoms with Crippen LogP contribution in [0.1, 0.15) is 64.9 Å². The SMILES string of the molecule is CCC[CH2][Sn]([CH2]CCC)([CH2]CCC)[CH2][N+](C)(C)Cc1ccc(F)cc1. The average Bonchev–Trinajstić information content (AvgIpc) is 2.57. The van der Waals surface area contributed by atoms with E-state index in [1.807, 2.05) is 12.1 Å². The van der Waals surface area contributed by atoms with Crippen LogP contribution in [0.3, 0.4) is 0 Å². The molecule has 25 heavy (non-hydrogen) atoms. The molecule has 3 heteroatoms. The van der Waals surface area contributed by atoms with E-state index >= 15 is 0 Å². The summed E-state index contributed by atoms with van der Waals surface area (Å²) >= 11 is -2.14. The van der Waals surface area contributed by atoms with Crippen LogP contribution in [-0.2, 0) is 6.54 Å². The molecule has 0 N–H and O–H groups in total. The second-order valence-electron chi connectivity index (χ2n) is 8.69. The number of halogens is 1. The van der Waals surface area contributed by atoms with Crippen molar-refractivity contribution < 1.29 is 8.87 Å². The van der Waals surface area contributed by atoms with Crippen molar-refractivity contribution in [1.29, 1.82) is 0 Å². The summed E-state index contributed by atoms with van der Waals surface area (Å²) in [6, 6.07) is 7.15. The van der Waals surface area contributed by atoms with Gasteiger partial charge in [-0.1, -0.05) is 0 Å². The Morgan fingerprint density at radius 2 is 1.24 bits per heavy atom. The van der Waals surface area contributed by atoms with Crippen LogP contribution in [0.2, 0.25) is 13.3 Å². The van der Waals surface area contributed by atoms with E-state index in [1.165, 1.54) is 48.6 Å². The van der Waals surface area contributed by atoms with Crippen molar-refractivity contribution in [2.75, 3.05) is 18.7 Å². The Labute approximate surface area is 160 Å². The predicted octanol–water partition coefficient (Wildman–Crippen LogP) is 6.79. The number of rotatable bonds is 13. The molecule has 0 saturated heterocycles. The van der Waals surface area contributed by atoms with Crippen LogP contribution in [0.15, 0.2) is 24.3 Å². The first kappa shape index (κ1) is 22.9. The number of nitrogens with zero attached hydrogens (tertiary/aromatic N) is 1. The third kappa shape index (κ3) is 8.90. The van der Waals surface area contributed by atoms with Crippen LogP contribution in [0.5, 0.6) is 0 Å². The molecule has 0 aliphatic carbocycles. The third-order valence-electron chi connectivity index (χ3n) is 5.47. The molecule has 1 nitrogen and oxygen atoms in total. The van der Waals surface area contributed by atoms with Crippen LogP contribution in [-0.4, -0.2) is 41.5 Å². The molecule has 0 amide bonds. The molecule has 1 aromatic rings. The number of hydrogen-bond acceptors (Lipinski definition) is 0. The van der Waals surface area contributed by atoms with E-state index in [0.29, 0.717) is 0 Å². The Morgan fingerprint density at radius 3 is 1.64 bits per heavy atom. The molecule has 0 heterocycles. The van der Waals surface area contributed by atoms with Gasteiger partial charge < -0.3 is 0 Å². The first-order valence-corrected chi connectivity index (χ1v) is 18.5. The minimum atomic E-state index is -2.14. The molecule has 1 aromatic carbocycles. The quantitative estimate of drug-likeness (QED) is 0.226. The zero-order valence-corrected chi connectivity index (χ0v) is 20.3. The molecule has 0 radical (unpaired) electrons. The summed E-state index contributed by atoms with van der Waals surface area (Å²) in [6.07, 6.45) is 8.30. The molecule has 0 aliphatic heterocycles. The van der Waals surface area contributed by atoms with E-state index in [1.54, 1.807) is 25.4 Å². The summed E-state index contributed by atoms with van der Waals surface area (Å²) in [6.45, 7) is 8.06. The number of quaternary nitrogens is 1. The summed E-state index contributed by atoms with van der Waals surface area (Å²) in [5.74, 6) is -0.128. The van der Waals surface area contributed by atoms with Crippen LogP contribution in [0.4, 0.5) is 4.39 Å². The molecular weight excluding hydrogens is 416 g/mol. The van der Waals surface area contributed by atoms with Gasteiger partial charge in [-0.3, -0.25) is 0 Å². The minimum absolute atomic E-state index is 0.128. The van der Waals surface area contributed by atoms with Crippen molar-refractivity contribution in [2.45, 2.75) is 79.2 Å². The van der Waals surface area contributed by atoms with Crippen LogP contribution < -0.4 is 0 Å². The van der Waals surface area contributed by atoms with E-state index in [-0.39, 0.29) is 5.82 Å². The molecule has 0 atom stereocenters. The van der Waals surface area contributed by atoms with Gasteiger partial charge in [0.1, 0.15) is 0 Å². The normalized spacial score (nSPS) is 12.6. The summed E-state index contributed by atoms with van der Waals surface area (Å²) in [4.78, 5) is 0. The zero-order chi connectivity index (χ0) is 18.8. The number of unbranched alkanes of at least 4 members (excludes halogenated alkanes) is 3. The van der Waals surface area contributed by atoms with Gasteiger partial charge in [-0.2, -0.15) is 0 Å². The van der Waals surface area contributed by atoms with Crippen molar-refractivity contribution in [3.63, 3.8) is 0 Å². The van der Waals surface area contributed by atoms with E-state index in [9.17, 15) is 4.39 Å². The van der Waals surface area contributed by atoms with E-state index in [0.717, 1.165) is 11.0 Å². The third-order valence-corrected chi connectivity index (χ3v) is 21.9. The van der Waals surface area contributed by atoms with Crippen molar-refractivity contribution in [3.05, 3.63) is 35.6 Å². The second kappa shape index (κ2) is 11.6. The summed E-state index contributed by atoms with van der Waals surface area (Å²) in [5, 5.41) is 0. The fourth-order valence-corrected chi connectivity index (χ4v) is 22.8. The number of hydrogen-bond donors (Lipinski definition) is 0. The molecule has 0 unspecified atom stereocenters. The molecule has 0 fully saturated rings. The Balaban J connectivity index is 2.90.